The van der Waals surface area contributed by atoms with Gasteiger partial charge in [0, 0.05) is 22.4 Å². The van der Waals surface area contributed by atoms with Crippen LogP contribution < -0.4 is 4.90 Å². The van der Waals surface area contributed by atoms with Crippen molar-refractivity contribution in [3.05, 3.63) is 227 Å². The molecular weight excluding hydrogens is 651 g/mol. The van der Waals surface area contributed by atoms with E-state index in [2.05, 4.69) is 207 Å². The van der Waals surface area contributed by atoms with E-state index < -0.39 is 5.41 Å². The highest BCUT2D eigenvalue weighted by Crippen LogP contribution is 2.63. The summed E-state index contributed by atoms with van der Waals surface area (Å²) < 4.78 is 0. The van der Waals surface area contributed by atoms with Crippen LogP contribution in [0.15, 0.2) is 194 Å². The van der Waals surface area contributed by atoms with Crippen LogP contribution in [0.3, 0.4) is 0 Å². The van der Waals surface area contributed by atoms with Gasteiger partial charge in [0.1, 0.15) is 0 Å². The lowest BCUT2D eigenvalue weighted by molar-refractivity contribution is 0.660. The summed E-state index contributed by atoms with van der Waals surface area (Å²) in [5.41, 5.74) is 21.5. The van der Waals surface area contributed by atoms with Gasteiger partial charge in [-0.1, -0.05) is 172 Å². The molecule has 256 valence electrons. The smallest absolute Gasteiger partial charge is 0.0726 e. The molecule has 11 rings (SSSR count). The highest BCUT2D eigenvalue weighted by atomic mass is 15.1. The summed E-state index contributed by atoms with van der Waals surface area (Å²) in [6.07, 6.45) is 10.4. The zero-order valence-corrected chi connectivity index (χ0v) is 30.6. The number of hydrogen-bond donors (Lipinski definition) is 0. The Balaban J connectivity index is 1.20. The first-order valence-electron chi connectivity index (χ1n) is 19.2. The molecule has 7 aromatic carbocycles. The fraction of sp³-hybridized carbons (Fsp3) is 0.0943. The molecule has 7 aromatic rings. The fourth-order valence-electron chi connectivity index (χ4n) is 10.2. The maximum absolute atomic E-state index is 2.51. The van der Waals surface area contributed by atoms with Crippen molar-refractivity contribution in [1.82, 2.24) is 0 Å². The molecule has 0 bridgehead atoms. The largest absolute Gasteiger partial charge is 0.310 e. The van der Waals surface area contributed by atoms with E-state index in [1.807, 2.05) is 0 Å². The van der Waals surface area contributed by atoms with Crippen LogP contribution in [0.4, 0.5) is 17.1 Å². The van der Waals surface area contributed by atoms with Gasteiger partial charge in [-0.2, -0.15) is 0 Å². The van der Waals surface area contributed by atoms with E-state index in [1.54, 1.807) is 0 Å². The minimum absolute atomic E-state index is 0.119. The van der Waals surface area contributed by atoms with Crippen LogP contribution in [0.1, 0.15) is 53.6 Å². The van der Waals surface area contributed by atoms with Crippen molar-refractivity contribution in [3.8, 4) is 33.4 Å². The third kappa shape index (κ3) is 4.15. The first-order valence-corrected chi connectivity index (χ1v) is 19.2. The maximum atomic E-state index is 2.51. The minimum atomic E-state index is -0.425. The van der Waals surface area contributed by atoms with E-state index >= 15 is 0 Å². The van der Waals surface area contributed by atoms with Crippen LogP contribution in [0.5, 0.6) is 0 Å². The van der Waals surface area contributed by atoms with Gasteiger partial charge >= 0.3 is 0 Å². The molecule has 1 atom stereocenters. The molecule has 1 unspecified atom stereocenters. The summed E-state index contributed by atoms with van der Waals surface area (Å²) in [7, 11) is 0. The summed E-state index contributed by atoms with van der Waals surface area (Å²) in [4.78, 5) is 2.51. The maximum Gasteiger partial charge on any atom is 0.0726 e. The predicted molar refractivity (Wildman–Crippen MR) is 226 cm³/mol. The molecule has 0 radical (unpaired) electrons. The second-order valence-corrected chi connectivity index (χ2v) is 15.6. The Hall–Kier alpha value is -6.44. The Morgan fingerprint density at radius 1 is 0.426 bits per heavy atom. The average Bonchev–Trinajstić information content (AvgIpc) is 3.64. The summed E-state index contributed by atoms with van der Waals surface area (Å²) in [5, 5.41) is 0. The van der Waals surface area contributed by atoms with Gasteiger partial charge < -0.3 is 4.90 Å². The molecule has 1 spiro atoms. The van der Waals surface area contributed by atoms with Crippen LogP contribution in [0, 0.1) is 0 Å². The lowest BCUT2D eigenvalue weighted by Crippen LogP contribution is -2.27. The van der Waals surface area contributed by atoms with E-state index in [4.69, 9.17) is 0 Å². The molecule has 0 aliphatic heterocycles. The highest BCUT2D eigenvalue weighted by molar-refractivity contribution is 5.99. The van der Waals surface area contributed by atoms with Crippen LogP contribution >= 0.6 is 0 Å². The Bertz CT molecular complexity index is 2780. The molecule has 1 heteroatoms. The zero-order valence-electron chi connectivity index (χ0n) is 30.6. The quantitative estimate of drug-likeness (QED) is 0.178. The summed E-state index contributed by atoms with van der Waals surface area (Å²) >= 11 is 0. The number of fused-ring (bicyclic) bond motifs is 12. The molecule has 0 N–H and O–H groups in total. The first-order chi connectivity index (χ1) is 26.6. The van der Waals surface area contributed by atoms with Crippen molar-refractivity contribution in [2.24, 2.45) is 0 Å². The number of para-hydroxylation sites is 1. The molecule has 0 aromatic heterocycles. The van der Waals surface area contributed by atoms with E-state index in [1.165, 1.54) is 77.9 Å². The second kappa shape index (κ2) is 11.5. The van der Waals surface area contributed by atoms with Crippen molar-refractivity contribution in [3.63, 3.8) is 0 Å². The molecule has 0 saturated carbocycles. The van der Waals surface area contributed by atoms with E-state index in [9.17, 15) is 0 Å². The van der Waals surface area contributed by atoms with Gasteiger partial charge in [-0.25, -0.2) is 0 Å². The number of nitrogens with zero attached hydrogens (tertiary/aromatic N) is 1. The van der Waals surface area contributed by atoms with Crippen molar-refractivity contribution in [2.45, 2.75) is 31.1 Å². The van der Waals surface area contributed by atoms with Gasteiger partial charge in [0.15, 0.2) is 0 Å². The van der Waals surface area contributed by atoms with Crippen molar-refractivity contribution in [2.75, 3.05) is 4.90 Å². The minimum Gasteiger partial charge on any atom is -0.310 e. The van der Waals surface area contributed by atoms with E-state index in [0.717, 1.165) is 23.5 Å². The Labute approximate surface area is 317 Å². The molecule has 4 aliphatic rings. The highest BCUT2D eigenvalue weighted by Gasteiger charge is 2.52. The Morgan fingerprint density at radius 3 is 1.69 bits per heavy atom. The Kier molecular flexibility index (Phi) is 6.64. The van der Waals surface area contributed by atoms with Crippen molar-refractivity contribution in [1.29, 1.82) is 0 Å². The van der Waals surface area contributed by atoms with Crippen LogP contribution in [-0.4, -0.2) is 0 Å². The molecule has 54 heavy (non-hydrogen) atoms. The molecule has 0 heterocycles. The third-order valence-electron chi connectivity index (χ3n) is 12.5. The monoisotopic (exact) mass is 689 g/mol. The predicted octanol–water partition coefficient (Wildman–Crippen LogP) is 13.7. The molecule has 0 amide bonds. The van der Waals surface area contributed by atoms with E-state index in [0.29, 0.717) is 0 Å². The number of rotatable bonds is 4. The normalized spacial score (nSPS) is 17.7. The Morgan fingerprint density at radius 2 is 0.944 bits per heavy atom. The third-order valence-corrected chi connectivity index (χ3v) is 12.5. The summed E-state index contributed by atoms with van der Waals surface area (Å²) in [6, 6.07) is 61.3. The van der Waals surface area contributed by atoms with Gasteiger partial charge in [-0.15, -0.1) is 0 Å². The molecule has 0 fully saturated rings. The number of hydrogen-bond acceptors (Lipinski definition) is 1. The lowest BCUT2D eigenvalue weighted by Gasteiger charge is -2.34. The van der Waals surface area contributed by atoms with Gasteiger partial charge in [0.05, 0.1) is 11.1 Å². The van der Waals surface area contributed by atoms with E-state index in [-0.39, 0.29) is 5.41 Å². The van der Waals surface area contributed by atoms with Gasteiger partial charge in [-0.3, -0.25) is 0 Å². The second-order valence-electron chi connectivity index (χ2n) is 15.6. The molecule has 1 nitrogen and oxygen atoms in total. The van der Waals surface area contributed by atoms with Crippen LogP contribution in [0.25, 0.3) is 39.0 Å². The SMILES string of the molecule is CC1(C)c2ccccc2-c2ccc(N(c3ccc4c(c3)C3(C5=C(C=CCC=C5)c5ccccc53)c3ccccc3-4)c3ccccc3-c3ccccc3)cc21. The zero-order chi connectivity index (χ0) is 36.0. The van der Waals surface area contributed by atoms with Crippen LogP contribution in [-0.2, 0) is 10.8 Å². The first kappa shape index (κ1) is 31.1. The number of benzene rings is 7. The fourth-order valence-corrected chi connectivity index (χ4v) is 10.2. The lowest BCUT2D eigenvalue weighted by atomic mass is 9.69. The van der Waals surface area contributed by atoms with Gasteiger partial charge in [0.2, 0.25) is 0 Å². The van der Waals surface area contributed by atoms with Gasteiger partial charge in [0.25, 0.3) is 0 Å². The summed E-state index contributed by atoms with van der Waals surface area (Å²) in [6.45, 7) is 4.75. The van der Waals surface area contributed by atoms with Crippen LogP contribution in [0.2, 0.25) is 0 Å². The van der Waals surface area contributed by atoms with Crippen molar-refractivity contribution < 1.29 is 0 Å². The van der Waals surface area contributed by atoms with Gasteiger partial charge in [-0.05, 0) is 109 Å². The molecular formula is C53H39N. The topological polar surface area (TPSA) is 3.24 Å². The van der Waals surface area contributed by atoms with Crippen molar-refractivity contribution >= 4 is 22.6 Å². The molecule has 0 saturated heterocycles. The average molecular weight is 690 g/mol. The number of anilines is 3. The standard InChI is InChI=1S/C53H39N/c1-52(2)45-24-13-9-21-39(45)43-31-29-36(33-49(43)52)54(51-28-16-12-19-38(51)35-17-5-3-6-18-35)37-30-32-44-42-23-11-15-27-48(42)53(50(44)34-37)46-25-8-4-7-20-40(46)41-22-10-14-26-47(41)53/h3,5-34H,4H2,1-2H3. The summed E-state index contributed by atoms with van der Waals surface area (Å²) in [5.74, 6) is 0. The molecule has 4 aliphatic carbocycles. The number of allylic oxidation sites excluding steroid dienone is 6.